The third-order valence-electron chi connectivity index (χ3n) is 16.4. The van der Waals surface area contributed by atoms with Crippen molar-refractivity contribution in [2.24, 2.45) is 0 Å². The molecule has 8 bridgehead atoms. The smallest absolute Gasteiger partial charge is 0.00204 e. The molecular weight excluding hydrogens is 865 g/mol. The van der Waals surface area contributed by atoms with Gasteiger partial charge in [-0.25, -0.2) is 0 Å². The predicted octanol–water partition coefficient (Wildman–Crippen LogP) is 19.5. The molecule has 14 aromatic carbocycles. The summed E-state index contributed by atoms with van der Waals surface area (Å²) in [5, 5.41) is 21.0. The summed E-state index contributed by atoms with van der Waals surface area (Å²) < 4.78 is 0. The molecule has 0 fully saturated rings. The Morgan fingerprint density at radius 3 is 0.417 bits per heavy atom. The van der Waals surface area contributed by atoms with E-state index in [2.05, 4.69) is 243 Å². The minimum atomic E-state index is 0.897. The van der Waals surface area contributed by atoms with Crippen molar-refractivity contribution in [3.05, 3.63) is 265 Å². The topological polar surface area (TPSA) is 0 Å². The van der Waals surface area contributed by atoms with Crippen LogP contribution in [0, 0.1) is 0 Å². The molecule has 1 aliphatic rings. The second-order valence-corrected chi connectivity index (χ2v) is 19.9. The van der Waals surface area contributed by atoms with Crippen molar-refractivity contribution in [3.8, 4) is 44.5 Å². The van der Waals surface area contributed by atoms with Crippen molar-refractivity contribution >= 4 is 86.2 Å². The van der Waals surface area contributed by atoms with E-state index in [1.807, 2.05) is 0 Å². The van der Waals surface area contributed by atoms with Gasteiger partial charge in [0.15, 0.2) is 0 Å². The highest BCUT2D eigenvalue weighted by molar-refractivity contribution is 6.23. The Labute approximate surface area is 419 Å². The zero-order valence-corrected chi connectivity index (χ0v) is 39.9. The van der Waals surface area contributed by atoms with E-state index in [1.165, 1.54) is 153 Å². The quantitative estimate of drug-likeness (QED) is 0.133. The number of aryl methyl sites for hydroxylation is 4. The third kappa shape index (κ3) is 6.06. The summed E-state index contributed by atoms with van der Waals surface area (Å²) in [5.41, 5.74) is 15.9. The van der Waals surface area contributed by atoms with Crippen molar-refractivity contribution in [1.29, 1.82) is 0 Å². The van der Waals surface area contributed by atoms with E-state index in [-0.39, 0.29) is 0 Å². The summed E-state index contributed by atoms with van der Waals surface area (Å²) in [6.07, 6.45) is 3.59. The van der Waals surface area contributed by atoms with Gasteiger partial charge in [0.25, 0.3) is 0 Å². The lowest BCUT2D eigenvalue weighted by molar-refractivity contribution is 0.996. The van der Waals surface area contributed by atoms with Crippen molar-refractivity contribution in [3.63, 3.8) is 0 Å². The van der Waals surface area contributed by atoms with E-state index in [4.69, 9.17) is 0 Å². The van der Waals surface area contributed by atoms with E-state index < -0.39 is 0 Å². The molecule has 1 aliphatic carbocycles. The van der Waals surface area contributed by atoms with Crippen LogP contribution < -0.4 is 0 Å². The van der Waals surface area contributed by atoms with Gasteiger partial charge in [0.05, 0.1) is 0 Å². The molecule has 0 unspecified atom stereocenters. The fourth-order valence-electron chi connectivity index (χ4n) is 13.5. The largest absolute Gasteiger partial charge is 0.0616 e. The Morgan fingerprint density at radius 1 is 0.139 bits per heavy atom. The van der Waals surface area contributed by atoms with Gasteiger partial charge in [-0.2, -0.15) is 0 Å². The lowest BCUT2D eigenvalue weighted by Crippen LogP contribution is -2.01. The molecule has 0 N–H and O–H groups in total. The Morgan fingerprint density at radius 2 is 0.264 bits per heavy atom. The Kier molecular flexibility index (Phi) is 9.32. The predicted molar refractivity (Wildman–Crippen MR) is 309 cm³/mol. The van der Waals surface area contributed by atoms with Gasteiger partial charge in [-0.1, -0.05) is 243 Å². The van der Waals surface area contributed by atoms with E-state index in [9.17, 15) is 0 Å². The second kappa shape index (κ2) is 16.4. The number of hydrogen-bond donors (Lipinski definition) is 0. The molecule has 0 saturated heterocycles. The lowest BCUT2D eigenvalue weighted by atomic mass is 9.79. The summed E-state index contributed by atoms with van der Waals surface area (Å²) >= 11 is 0. The van der Waals surface area contributed by atoms with Crippen molar-refractivity contribution in [2.75, 3.05) is 0 Å². The van der Waals surface area contributed by atoms with E-state index in [0.29, 0.717) is 0 Å². The number of rotatable bonds is 0. The zero-order chi connectivity index (χ0) is 47.3. The first-order valence-corrected chi connectivity index (χ1v) is 25.7. The van der Waals surface area contributed by atoms with Crippen molar-refractivity contribution < 1.29 is 0 Å². The highest BCUT2D eigenvalue weighted by atomic mass is 14.3. The van der Waals surface area contributed by atoms with E-state index in [1.54, 1.807) is 0 Å². The molecule has 0 aliphatic heterocycles. The molecule has 0 amide bonds. The molecule has 0 radical (unpaired) electrons. The van der Waals surface area contributed by atoms with Crippen LogP contribution in [0.5, 0.6) is 0 Å². The van der Waals surface area contributed by atoms with Gasteiger partial charge in [0, 0.05) is 0 Å². The van der Waals surface area contributed by atoms with Crippen LogP contribution in [0.15, 0.2) is 243 Å². The molecule has 0 nitrogen and oxygen atoms in total. The van der Waals surface area contributed by atoms with E-state index >= 15 is 0 Å². The molecule has 336 valence electrons. The Bertz CT molecular complexity index is 3750. The van der Waals surface area contributed by atoms with Crippen LogP contribution in [0.4, 0.5) is 0 Å². The van der Waals surface area contributed by atoms with E-state index in [0.717, 1.165) is 25.7 Å². The highest BCUT2D eigenvalue weighted by Crippen LogP contribution is 2.50. The standard InChI is InChI=1S/C72H48/c1-9-29-57-45(21-1)53-41-42-54-47-23-3-11-31-59(47)71(60-32-12-4-24-48(54)60)67-39-19-20-40-68(67)72-63-35-15-7-27-51(63)56(52-28-8-16-36-64(52)72)44-43-55-49-25-5-13-33-61(49)70(62-34-14-6-26-50(55)62)66-38-18-17-37-65(66)69(57)58-30-10-2-22-46(53)58/h1-40H,41-44H2. The zero-order valence-electron chi connectivity index (χ0n) is 39.9. The number of benzene rings is 14. The summed E-state index contributed by atoms with van der Waals surface area (Å²) in [6, 6.07) is 92.2. The molecule has 0 aromatic heterocycles. The van der Waals surface area contributed by atoms with Crippen LogP contribution in [-0.4, -0.2) is 0 Å². The molecule has 0 heteroatoms. The minimum absolute atomic E-state index is 0.897. The van der Waals surface area contributed by atoms with Crippen LogP contribution in [0.1, 0.15) is 22.3 Å². The Hall–Kier alpha value is -8.84. The van der Waals surface area contributed by atoms with Gasteiger partial charge < -0.3 is 0 Å². The molecule has 0 heterocycles. The van der Waals surface area contributed by atoms with Crippen molar-refractivity contribution in [1.82, 2.24) is 0 Å². The summed E-state index contributed by atoms with van der Waals surface area (Å²) in [4.78, 5) is 0. The van der Waals surface area contributed by atoms with Crippen LogP contribution in [0.25, 0.3) is 131 Å². The highest BCUT2D eigenvalue weighted by Gasteiger charge is 2.25. The van der Waals surface area contributed by atoms with Crippen LogP contribution >= 0.6 is 0 Å². The van der Waals surface area contributed by atoms with Gasteiger partial charge in [-0.05, 0) is 179 Å². The summed E-state index contributed by atoms with van der Waals surface area (Å²) in [7, 11) is 0. The molecule has 15 rings (SSSR count). The molecule has 0 atom stereocenters. The molecule has 14 aromatic rings. The maximum atomic E-state index is 2.38. The second-order valence-electron chi connectivity index (χ2n) is 19.9. The van der Waals surface area contributed by atoms with Crippen LogP contribution in [-0.2, 0) is 25.7 Å². The monoisotopic (exact) mass is 912 g/mol. The van der Waals surface area contributed by atoms with Gasteiger partial charge in [-0.3, -0.25) is 0 Å². The molecular formula is C72H48. The molecule has 72 heavy (non-hydrogen) atoms. The number of fused-ring (bicyclic) bond motifs is 18. The van der Waals surface area contributed by atoms with Gasteiger partial charge in [0.1, 0.15) is 0 Å². The Balaban J connectivity index is 1.10. The molecule has 0 saturated carbocycles. The normalized spacial score (nSPS) is 12.8. The van der Waals surface area contributed by atoms with Gasteiger partial charge >= 0.3 is 0 Å². The summed E-state index contributed by atoms with van der Waals surface area (Å²) in [6.45, 7) is 0. The van der Waals surface area contributed by atoms with Crippen LogP contribution in [0.2, 0.25) is 0 Å². The third-order valence-corrected chi connectivity index (χ3v) is 16.4. The first kappa shape index (κ1) is 41.0. The minimum Gasteiger partial charge on any atom is -0.0616 e. The lowest BCUT2D eigenvalue weighted by Gasteiger charge is -2.24. The van der Waals surface area contributed by atoms with Gasteiger partial charge in [-0.15, -0.1) is 0 Å². The maximum absolute atomic E-state index is 2.38. The summed E-state index contributed by atoms with van der Waals surface area (Å²) in [5.74, 6) is 0. The first-order chi connectivity index (χ1) is 35.8. The average molecular weight is 913 g/mol. The van der Waals surface area contributed by atoms with Crippen LogP contribution in [0.3, 0.4) is 0 Å². The van der Waals surface area contributed by atoms with Gasteiger partial charge in [0.2, 0.25) is 0 Å². The number of hydrogen-bond acceptors (Lipinski definition) is 0. The SMILES string of the molecule is c1ccc2c(c1)-c1c3ccccc3c(c3ccccc13)CCc1c3ccccc3c(c3ccccc13)-c1ccccc1-c1c3ccccc3c(c3ccccc13)CCc1c3ccccc3c-2c2ccccc12. The van der Waals surface area contributed by atoms with Crippen molar-refractivity contribution in [2.45, 2.75) is 25.7 Å². The fraction of sp³-hybridized carbons (Fsp3) is 0.0556. The first-order valence-electron chi connectivity index (χ1n) is 25.7. The fourth-order valence-corrected chi connectivity index (χ4v) is 13.5. The average Bonchev–Trinajstić information content (AvgIpc) is 3.44. The maximum Gasteiger partial charge on any atom is -0.00204 e. The molecule has 0 spiro atoms.